The summed E-state index contributed by atoms with van der Waals surface area (Å²) in [6.07, 6.45) is 1.82. The van der Waals surface area contributed by atoms with Crippen molar-refractivity contribution >= 4 is 0 Å². The first-order valence-electron chi connectivity index (χ1n) is 8.06. The van der Waals surface area contributed by atoms with Crippen LogP contribution >= 0.6 is 0 Å². The normalized spacial score (nSPS) is 15.7. The Hall–Kier alpha value is -2.61. The lowest BCUT2D eigenvalue weighted by Crippen LogP contribution is -2.15. The molecule has 0 amide bonds. The van der Waals surface area contributed by atoms with Crippen molar-refractivity contribution in [1.82, 2.24) is 4.98 Å². The molecule has 0 bridgehead atoms. The molecule has 2 nitrogen and oxygen atoms in total. The van der Waals surface area contributed by atoms with Gasteiger partial charge >= 0.3 is 0 Å². The maximum absolute atomic E-state index is 6.19. The fourth-order valence-electron chi connectivity index (χ4n) is 3.41. The molecule has 23 heavy (non-hydrogen) atoms. The molecule has 2 aromatic carbocycles. The van der Waals surface area contributed by atoms with Gasteiger partial charge in [-0.2, -0.15) is 0 Å². The number of hydrogen-bond acceptors (Lipinski definition) is 2. The van der Waals surface area contributed by atoms with Gasteiger partial charge in [0.1, 0.15) is 11.5 Å². The molecule has 0 spiro atoms. The second kappa shape index (κ2) is 5.54. The zero-order valence-electron chi connectivity index (χ0n) is 13.4. The van der Waals surface area contributed by atoms with Crippen LogP contribution in [-0.4, -0.2) is 4.98 Å². The predicted octanol–water partition coefficient (Wildman–Crippen LogP) is 5.64. The summed E-state index contributed by atoms with van der Waals surface area (Å²) in [7, 11) is 0. The topological polar surface area (TPSA) is 22.1 Å². The molecule has 1 atom stereocenters. The fourth-order valence-corrected chi connectivity index (χ4v) is 3.41. The van der Waals surface area contributed by atoms with Crippen LogP contribution in [-0.2, 0) is 0 Å². The number of pyridine rings is 1. The first-order valence-corrected chi connectivity index (χ1v) is 8.06. The molecule has 0 radical (unpaired) electrons. The van der Waals surface area contributed by atoms with E-state index in [4.69, 9.17) is 4.74 Å². The van der Waals surface area contributed by atoms with Crippen LogP contribution < -0.4 is 4.74 Å². The average Bonchev–Trinajstić information content (AvgIpc) is 2.59. The van der Waals surface area contributed by atoms with Crippen molar-refractivity contribution in [2.24, 2.45) is 5.92 Å². The van der Waals surface area contributed by atoms with Crippen LogP contribution in [0.2, 0.25) is 0 Å². The zero-order valence-corrected chi connectivity index (χ0v) is 13.4. The van der Waals surface area contributed by atoms with E-state index in [1.54, 1.807) is 0 Å². The Balaban J connectivity index is 1.84. The van der Waals surface area contributed by atoms with Crippen molar-refractivity contribution in [2.45, 2.75) is 19.8 Å². The van der Waals surface area contributed by atoms with Crippen LogP contribution in [0.4, 0.5) is 0 Å². The molecule has 0 saturated carbocycles. The zero-order chi connectivity index (χ0) is 15.8. The van der Waals surface area contributed by atoms with Gasteiger partial charge < -0.3 is 4.74 Å². The summed E-state index contributed by atoms with van der Waals surface area (Å²) in [6, 6.07) is 20.8. The van der Waals surface area contributed by atoms with E-state index < -0.39 is 0 Å². The third-order valence-corrected chi connectivity index (χ3v) is 4.45. The molecule has 114 valence electrons. The third kappa shape index (κ3) is 2.40. The molecule has 2 heteroatoms. The Bertz CT molecular complexity index is 839. The minimum atomic E-state index is 0.368. The Morgan fingerprint density at radius 2 is 1.65 bits per heavy atom. The standard InChI is InChI=1S/C21H19NO/c1-14(2)21-16-7-3-4-9-19(16)23-20-13-15(10-11-17(20)21)18-8-5-6-12-22-18/h3-14,21H,1-2H3. The quantitative estimate of drug-likeness (QED) is 0.611. The van der Waals surface area contributed by atoms with Gasteiger partial charge in [0.15, 0.2) is 0 Å². The summed E-state index contributed by atoms with van der Waals surface area (Å²) in [4.78, 5) is 4.44. The summed E-state index contributed by atoms with van der Waals surface area (Å²) in [5.41, 5.74) is 4.60. The maximum atomic E-state index is 6.19. The van der Waals surface area contributed by atoms with Gasteiger partial charge in [0.2, 0.25) is 0 Å². The molecule has 3 aromatic rings. The van der Waals surface area contributed by atoms with Crippen molar-refractivity contribution in [3.8, 4) is 22.8 Å². The number of para-hydroxylation sites is 1. The number of fused-ring (bicyclic) bond motifs is 2. The molecular weight excluding hydrogens is 282 g/mol. The fraction of sp³-hybridized carbons (Fsp3) is 0.190. The Kier molecular flexibility index (Phi) is 3.38. The molecule has 1 unspecified atom stereocenters. The van der Waals surface area contributed by atoms with Crippen molar-refractivity contribution < 1.29 is 4.74 Å². The predicted molar refractivity (Wildman–Crippen MR) is 92.9 cm³/mol. The smallest absolute Gasteiger partial charge is 0.131 e. The second-order valence-corrected chi connectivity index (χ2v) is 6.33. The van der Waals surface area contributed by atoms with Crippen molar-refractivity contribution in [3.05, 3.63) is 78.0 Å². The van der Waals surface area contributed by atoms with Crippen molar-refractivity contribution in [3.63, 3.8) is 0 Å². The van der Waals surface area contributed by atoms with E-state index in [0.717, 1.165) is 22.8 Å². The first-order chi connectivity index (χ1) is 11.2. The van der Waals surface area contributed by atoms with E-state index in [9.17, 15) is 0 Å². The summed E-state index contributed by atoms with van der Waals surface area (Å²) in [5, 5.41) is 0. The molecular formula is C21H19NO. The van der Waals surface area contributed by atoms with Gasteiger partial charge in [-0.05, 0) is 30.2 Å². The summed E-state index contributed by atoms with van der Waals surface area (Å²) in [5.74, 6) is 2.80. The molecule has 2 heterocycles. The van der Waals surface area contributed by atoms with E-state index in [1.165, 1.54) is 11.1 Å². The van der Waals surface area contributed by atoms with Gasteiger partial charge in [0, 0.05) is 28.8 Å². The van der Waals surface area contributed by atoms with Gasteiger partial charge in [-0.1, -0.05) is 50.2 Å². The number of rotatable bonds is 2. The lowest BCUT2D eigenvalue weighted by atomic mass is 9.80. The summed E-state index contributed by atoms with van der Waals surface area (Å²) < 4.78 is 6.19. The number of benzene rings is 2. The SMILES string of the molecule is CC(C)C1c2ccccc2Oc2cc(-c3ccccn3)ccc21. The largest absolute Gasteiger partial charge is 0.457 e. The Morgan fingerprint density at radius 3 is 2.43 bits per heavy atom. The summed E-state index contributed by atoms with van der Waals surface area (Å²) >= 11 is 0. The lowest BCUT2D eigenvalue weighted by molar-refractivity contribution is 0.420. The van der Waals surface area contributed by atoms with E-state index in [0.29, 0.717) is 11.8 Å². The monoisotopic (exact) mass is 301 g/mol. The van der Waals surface area contributed by atoms with Gasteiger partial charge in [0.05, 0.1) is 5.69 Å². The summed E-state index contributed by atoms with van der Waals surface area (Å²) in [6.45, 7) is 4.53. The van der Waals surface area contributed by atoms with Crippen LogP contribution in [0.5, 0.6) is 11.5 Å². The average molecular weight is 301 g/mol. The van der Waals surface area contributed by atoms with Gasteiger partial charge in [-0.3, -0.25) is 4.98 Å². The van der Waals surface area contributed by atoms with Gasteiger partial charge in [-0.15, -0.1) is 0 Å². The number of aromatic nitrogens is 1. The Labute approximate surface area is 136 Å². The first kappa shape index (κ1) is 14.0. The van der Waals surface area contributed by atoms with Gasteiger partial charge in [0.25, 0.3) is 0 Å². The Morgan fingerprint density at radius 1 is 0.870 bits per heavy atom. The number of hydrogen-bond donors (Lipinski definition) is 0. The minimum absolute atomic E-state index is 0.368. The van der Waals surface area contributed by atoms with Gasteiger partial charge in [-0.25, -0.2) is 0 Å². The molecule has 0 N–H and O–H groups in total. The van der Waals surface area contributed by atoms with Crippen LogP contribution in [0.3, 0.4) is 0 Å². The molecule has 1 aromatic heterocycles. The number of nitrogens with zero attached hydrogens (tertiary/aromatic N) is 1. The number of ether oxygens (including phenoxy) is 1. The van der Waals surface area contributed by atoms with E-state index >= 15 is 0 Å². The molecule has 0 fully saturated rings. The molecule has 4 rings (SSSR count). The van der Waals surface area contributed by atoms with Crippen LogP contribution in [0.15, 0.2) is 66.9 Å². The highest BCUT2D eigenvalue weighted by molar-refractivity contribution is 5.65. The highest BCUT2D eigenvalue weighted by Gasteiger charge is 2.29. The van der Waals surface area contributed by atoms with E-state index in [1.807, 2.05) is 30.5 Å². The highest BCUT2D eigenvalue weighted by Crippen LogP contribution is 2.48. The molecule has 0 aliphatic carbocycles. The van der Waals surface area contributed by atoms with Crippen molar-refractivity contribution in [2.75, 3.05) is 0 Å². The van der Waals surface area contributed by atoms with Crippen molar-refractivity contribution in [1.29, 1.82) is 0 Å². The lowest BCUT2D eigenvalue weighted by Gasteiger charge is -2.31. The minimum Gasteiger partial charge on any atom is -0.457 e. The van der Waals surface area contributed by atoms with Crippen LogP contribution in [0.25, 0.3) is 11.3 Å². The van der Waals surface area contributed by atoms with E-state index in [-0.39, 0.29) is 0 Å². The van der Waals surface area contributed by atoms with Crippen LogP contribution in [0.1, 0.15) is 30.9 Å². The van der Waals surface area contributed by atoms with Crippen LogP contribution in [0, 0.1) is 5.92 Å². The maximum Gasteiger partial charge on any atom is 0.131 e. The molecule has 1 aliphatic heterocycles. The molecule has 0 saturated heterocycles. The van der Waals surface area contributed by atoms with E-state index in [2.05, 4.69) is 55.2 Å². The third-order valence-electron chi connectivity index (χ3n) is 4.45. The molecule has 1 aliphatic rings. The highest BCUT2D eigenvalue weighted by atomic mass is 16.5. The second-order valence-electron chi connectivity index (χ2n) is 6.33.